The monoisotopic (exact) mass is 275 g/mol. The van der Waals surface area contributed by atoms with Crippen LogP contribution in [-0.2, 0) is 6.42 Å². The Hall–Kier alpha value is -1.36. The fraction of sp³-hybridized carbons (Fsp3) is 0.733. The molecule has 1 aliphatic carbocycles. The number of nitrogen functional groups attached to an aromatic ring is 1. The van der Waals surface area contributed by atoms with Crippen LogP contribution in [0.4, 0.5) is 11.6 Å². The van der Waals surface area contributed by atoms with E-state index < -0.39 is 0 Å². The maximum Gasteiger partial charge on any atom is 0.148 e. The number of rotatable bonds is 3. The lowest BCUT2D eigenvalue weighted by Gasteiger charge is -2.40. The Morgan fingerprint density at radius 3 is 2.50 bits per heavy atom. The first-order valence-electron chi connectivity index (χ1n) is 7.83. The maximum absolute atomic E-state index is 5.56. The van der Waals surface area contributed by atoms with Crippen LogP contribution in [0.1, 0.15) is 51.0 Å². The summed E-state index contributed by atoms with van der Waals surface area (Å²) in [4.78, 5) is 11.2. The minimum atomic E-state index is 0.644. The number of aromatic nitrogens is 2. The van der Waals surface area contributed by atoms with E-state index in [1.807, 2.05) is 0 Å². The number of hydrogen-bond donors (Lipinski definition) is 2. The van der Waals surface area contributed by atoms with Crippen molar-refractivity contribution in [3.8, 4) is 0 Å². The summed E-state index contributed by atoms with van der Waals surface area (Å²) in [6, 6.07) is 0. The number of hydrogen-bond acceptors (Lipinski definition) is 5. The summed E-state index contributed by atoms with van der Waals surface area (Å²) in [5, 5.41) is 0. The Morgan fingerprint density at radius 2 is 1.90 bits per heavy atom. The largest absolute Gasteiger partial charge is 0.356 e. The summed E-state index contributed by atoms with van der Waals surface area (Å²) in [5.41, 5.74) is 4.48. The summed E-state index contributed by atoms with van der Waals surface area (Å²) < 4.78 is 0. The highest BCUT2D eigenvalue weighted by molar-refractivity contribution is 5.58. The summed E-state index contributed by atoms with van der Waals surface area (Å²) in [6.07, 6.45) is 10.9. The van der Waals surface area contributed by atoms with Gasteiger partial charge in [0.25, 0.3) is 0 Å². The van der Waals surface area contributed by atoms with E-state index in [1.54, 1.807) is 6.33 Å². The van der Waals surface area contributed by atoms with Crippen LogP contribution in [0.15, 0.2) is 6.33 Å². The van der Waals surface area contributed by atoms with Gasteiger partial charge in [-0.25, -0.2) is 15.8 Å². The van der Waals surface area contributed by atoms with Gasteiger partial charge in [-0.3, -0.25) is 0 Å². The summed E-state index contributed by atoms with van der Waals surface area (Å²) in [7, 11) is 0. The van der Waals surface area contributed by atoms with Crippen LogP contribution in [-0.4, -0.2) is 23.1 Å². The van der Waals surface area contributed by atoms with Crippen LogP contribution in [0.3, 0.4) is 0 Å². The molecular formula is C15H25N5. The second-order valence-corrected chi connectivity index (χ2v) is 6.22. The average Bonchev–Trinajstić information content (AvgIpc) is 2.95. The van der Waals surface area contributed by atoms with Gasteiger partial charge in [-0.15, -0.1) is 0 Å². The zero-order valence-electron chi connectivity index (χ0n) is 12.4. The molecule has 1 aliphatic heterocycles. The van der Waals surface area contributed by atoms with Crippen LogP contribution in [0, 0.1) is 5.41 Å². The Bertz CT molecular complexity index is 457. The number of nitrogens with one attached hydrogen (secondary N) is 1. The van der Waals surface area contributed by atoms with Crippen LogP contribution >= 0.6 is 0 Å². The molecular weight excluding hydrogens is 250 g/mol. The standard InChI is InChI=1S/C15H25N5/c1-2-12-13(19-16)17-11-18-14(12)20-9-7-15(8-10-20)5-3-4-6-15/h11H,2-10,16H2,1H3,(H,17,18,19). The van der Waals surface area contributed by atoms with Gasteiger partial charge in [0.1, 0.15) is 18.0 Å². The lowest BCUT2D eigenvalue weighted by molar-refractivity contribution is 0.226. The Kier molecular flexibility index (Phi) is 3.78. The Balaban J connectivity index is 1.77. The van der Waals surface area contributed by atoms with Gasteiger partial charge < -0.3 is 10.3 Å². The van der Waals surface area contributed by atoms with Gasteiger partial charge in [-0.1, -0.05) is 19.8 Å². The smallest absolute Gasteiger partial charge is 0.148 e. The molecule has 1 aromatic heterocycles. The third kappa shape index (κ3) is 2.35. The van der Waals surface area contributed by atoms with Gasteiger partial charge in [0.05, 0.1) is 0 Å². The lowest BCUT2D eigenvalue weighted by Crippen LogP contribution is -2.39. The Morgan fingerprint density at radius 1 is 1.20 bits per heavy atom. The molecule has 2 heterocycles. The molecule has 1 aromatic rings. The molecule has 5 heteroatoms. The maximum atomic E-state index is 5.56. The second kappa shape index (κ2) is 5.56. The SMILES string of the molecule is CCc1c(NN)ncnc1N1CCC2(CCCC2)CC1. The van der Waals surface area contributed by atoms with Gasteiger partial charge in [0.15, 0.2) is 0 Å². The molecule has 20 heavy (non-hydrogen) atoms. The normalized spacial score (nSPS) is 21.4. The highest BCUT2D eigenvalue weighted by Gasteiger charge is 2.37. The fourth-order valence-electron chi connectivity index (χ4n) is 3.94. The first-order chi connectivity index (χ1) is 9.78. The minimum absolute atomic E-state index is 0.644. The van der Waals surface area contributed by atoms with Crippen LogP contribution in [0.2, 0.25) is 0 Å². The molecule has 5 nitrogen and oxygen atoms in total. The molecule has 2 fully saturated rings. The van der Waals surface area contributed by atoms with Crippen molar-refractivity contribution < 1.29 is 0 Å². The number of piperidine rings is 1. The third-order valence-corrected chi connectivity index (χ3v) is 5.20. The molecule has 0 bridgehead atoms. The molecule has 0 radical (unpaired) electrons. The number of hydrazine groups is 1. The van der Waals surface area contributed by atoms with Gasteiger partial charge in [0, 0.05) is 18.7 Å². The molecule has 110 valence electrons. The minimum Gasteiger partial charge on any atom is -0.356 e. The molecule has 2 aliphatic rings. The number of nitrogens with two attached hydrogens (primary N) is 1. The van der Waals surface area contributed by atoms with E-state index in [9.17, 15) is 0 Å². The zero-order chi connectivity index (χ0) is 14.0. The van der Waals surface area contributed by atoms with Crippen molar-refractivity contribution in [1.82, 2.24) is 9.97 Å². The van der Waals surface area contributed by atoms with E-state index in [0.29, 0.717) is 5.41 Å². The van der Waals surface area contributed by atoms with Crippen molar-refractivity contribution in [1.29, 1.82) is 0 Å². The molecule has 1 spiro atoms. The fourth-order valence-corrected chi connectivity index (χ4v) is 3.94. The molecule has 1 saturated heterocycles. The lowest BCUT2D eigenvalue weighted by atomic mass is 9.77. The third-order valence-electron chi connectivity index (χ3n) is 5.20. The topological polar surface area (TPSA) is 67.1 Å². The predicted molar refractivity (Wildman–Crippen MR) is 81.6 cm³/mol. The first kappa shape index (κ1) is 13.6. The molecule has 0 amide bonds. The van der Waals surface area contributed by atoms with E-state index >= 15 is 0 Å². The predicted octanol–water partition coefficient (Wildman–Crippen LogP) is 2.49. The van der Waals surface area contributed by atoms with Crippen molar-refractivity contribution in [3.05, 3.63) is 11.9 Å². The molecule has 0 aromatic carbocycles. The molecule has 0 atom stereocenters. The van der Waals surface area contributed by atoms with Gasteiger partial charge in [-0.2, -0.15) is 0 Å². The van der Waals surface area contributed by atoms with Crippen molar-refractivity contribution in [2.75, 3.05) is 23.4 Å². The van der Waals surface area contributed by atoms with Crippen molar-refractivity contribution in [3.63, 3.8) is 0 Å². The van der Waals surface area contributed by atoms with Gasteiger partial charge >= 0.3 is 0 Å². The van der Waals surface area contributed by atoms with E-state index in [4.69, 9.17) is 5.84 Å². The van der Waals surface area contributed by atoms with Crippen LogP contribution in [0.5, 0.6) is 0 Å². The second-order valence-electron chi connectivity index (χ2n) is 6.22. The molecule has 1 saturated carbocycles. The van der Waals surface area contributed by atoms with Crippen LogP contribution < -0.4 is 16.2 Å². The first-order valence-corrected chi connectivity index (χ1v) is 7.83. The van der Waals surface area contributed by atoms with E-state index in [1.165, 1.54) is 38.5 Å². The van der Waals surface area contributed by atoms with Gasteiger partial charge in [0.2, 0.25) is 0 Å². The zero-order valence-corrected chi connectivity index (χ0v) is 12.4. The van der Waals surface area contributed by atoms with Crippen molar-refractivity contribution in [2.45, 2.75) is 51.9 Å². The average molecular weight is 275 g/mol. The Labute approximate surface area is 120 Å². The molecule has 3 rings (SSSR count). The highest BCUT2D eigenvalue weighted by atomic mass is 15.3. The summed E-state index contributed by atoms with van der Waals surface area (Å²) in [6.45, 7) is 4.37. The molecule has 3 N–H and O–H groups in total. The van der Waals surface area contributed by atoms with E-state index in [-0.39, 0.29) is 0 Å². The number of nitrogens with zero attached hydrogens (tertiary/aromatic N) is 3. The van der Waals surface area contributed by atoms with Crippen LogP contribution in [0.25, 0.3) is 0 Å². The van der Waals surface area contributed by atoms with Gasteiger partial charge in [-0.05, 0) is 37.5 Å². The number of anilines is 2. The van der Waals surface area contributed by atoms with Crippen molar-refractivity contribution >= 4 is 11.6 Å². The summed E-state index contributed by atoms with van der Waals surface area (Å²) in [5.74, 6) is 7.40. The quantitative estimate of drug-likeness (QED) is 0.655. The summed E-state index contributed by atoms with van der Waals surface area (Å²) >= 11 is 0. The van der Waals surface area contributed by atoms with Crippen molar-refractivity contribution in [2.24, 2.45) is 11.3 Å². The van der Waals surface area contributed by atoms with E-state index in [2.05, 4.69) is 27.2 Å². The highest BCUT2D eigenvalue weighted by Crippen LogP contribution is 2.46. The molecule has 0 unspecified atom stereocenters. The van der Waals surface area contributed by atoms with E-state index in [0.717, 1.165) is 36.7 Å².